The van der Waals surface area contributed by atoms with Crippen LogP contribution in [0.25, 0.3) is 0 Å². The molecular formula is C15H23N7O5. The Hall–Kier alpha value is -3.31. The lowest BCUT2D eigenvalue weighted by molar-refractivity contribution is -0.141. The molecule has 12 nitrogen and oxygen atoms in total. The lowest BCUT2D eigenvalue weighted by Crippen LogP contribution is -2.42. The van der Waals surface area contributed by atoms with Crippen molar-refractivity contribution in [3.63, 3.8) is 0 Å². The molecule has 12 heteroatoms. The molecule has 0 saturated carbocycles. The van der Waals surface area contributed by atoms with Crippen LogP contribution in [0.3, 0.4) is 0 Å². The number of carboxylic acid groups (broad SMARTS) is 1. The Morgan fingerprint density at radius 2 is 2.19 bits per heavy atom. The minimum Gasteiger partial charge on any atom is -0.481 e. The van der Waals surface area contributed by atoms with Crippen LogP contribution >= 0.6 is 0 Å². The number of hydrogen-bond donors (Lipinski definition) is 6. The first-order chi connectivity index (χ1) is 12.8. The second-order valence-corrected chi connectivity index (χ2v) is 6.23. The number of nitrogens with zero attached hydrogens (tertiary/aromatic N) is 2. The molecule has 0 aliphatic carbocycles. The van der Waals surface area contributed by atoms with Crippen LogP contribution in [0.2, 0.25) is 0 Å². The number of hydrogen-bond acceptors (Lipinski definition) is 7. The number of nitrogens with two attached hydrogens (primary N) is 1. The molecule has 0 bridgehead atoms. The number of carbonyl (C=O) groups is 4. The Kier molecular flexibility index (Phi) is 6.57. The molecule has 2 atom stereocenters. The van der Waals surface area contributed by atoms with Gasteiger partial charge >= 0.3 is 12.0 Å². The van der Waals surface area contributed by atoms with Gasteiger partial charge < -0.3 is 31.8 Å². The van der Waals surface area contributed by atoms with Gasteiger partial charge in [-0.3, -0.25) is 19.3 Å². The highest BCUT2D eigenvalue weighted by Crippen LogP contribution is 2.11. The molecule has 2 rings (SSSR count). The maximum Gasteiger partial charge on any atom is 0.325 e. The fourth-order valence-corrected chi connectivity index (χ4v) is 2.41. The quantitative estimate of drug-likeness (QED) is 0.219. The Labute approximate surface area is 154 Å². The van der Waals surface area contributed by atoms with Gasteiger partial charge in [0.1, 0.15) is 18.4 Å². The fraction of sp³-hybridized carbons (Fsp3) is 0.533. The van der Waals surface area contributed by atoms with Crippen molar-refractivity contribution in [1.29, 1.82) is 0 Å². The van der Waals surface area contributed by atoms with E-state index in [4.69, 9.17) is 10.8 Å². The maximum atomic E-state index is 12.3. The number of carbonyl (C=O) groups excluding carboxylic acids is 3. The number of H-pyrrole nitrogens is 1. The maximum absolute atomic E-state index is 12.3. The summed E-state index contributed by atoms with van der Waals surface area (Å²) in [5, 5.41) is 16.7. The topological polar surface area (TPSA) is 183 Å². The third-order valence-corrected chi connectivity index (χ3v) is 3.99. The molecule has 1 aromatic rings. The van der Waals surface area contributed by atoms with Gasteiger partial charge in [-0.15, -0.1) is 0 Å². The number of carboxylic acids is 1. The van der Waals surface area contributed by atoms with Crippen molar-refractivity contribution in [1.82, 2.24) is 25.5 Å². The van der Waals surface area contributed by atoms with E-state index in [0.29, 0.717) is 31.2 Å². The second-order valence-electron chi connectivity index (χ2n) is 6.23. The molecule has 148 valence electrons. The first kappa shape index (κ1) is 20.0. The van der Waals surface area contributed by atoms with Crippen LogP contribution in [-0.2, 0) is 14.4 Å². The van der Waals surface area contributed by atoms with Crippen LogP contribution < -0.4 is 21.7 Å². The number of urea groups is 1. The number of rotatable bonds is 10. The zero-order valence-electron chi connectivity index (χ0n) is 14.8. The predicted octanol–water partition coefficient (Wildman–Crippen LogP) is -1.06. The Morgan fingerprint density at radius 1 is 1.44 bits per heavy atom. The predicted molar refractivity (Wildman–Crippen MR) is 94.6 cm³/mol. The monoisotopic (exact) mass is 381 g/mol. The summed E-state index contributed by atoms with van der Waals surface area (Å²) in [5.74, 6) is -1.93. The van der Waals surface area contributed by atoms with E-state index >= 15 is 0 Å². The summed E-state index contributed by atoms with van der Waals surface area (Å²) < 4.78 is 0. The molecule has 0 unspecified atom stereocenters. The van der Waals surface area contributed by atoms with Crippen LogP contribution in [0.4, 0.5) is 16.6 Å². The first-order valence-corrected chi connectivity index (χ1v) is 8.43. The molecule has 1 fully saturated rings. The van der Waals surface area contributed by atoms with Crippen LogP contribution in [0, 0.1) is 5.92 Å². The van der Waals surface area contributed by atoms with Gasteiger partial charge in [0.15, 0.2) is 0 Å². The summed E-state index contributed by atoms with van der Waals surface area (Å²) in [7, 11) is 0. The van der Waals surface area contributed by atoms with Gasteiger partial charge in [-0.2, -0.15) is 0 Å². The van der Waals surface area contributed by atoms with E-state index in [1.807, 2.05) is 0 Å². The Balaban J connectivity index is 1.73. The number of aromatic nitrogens is 2. The fourth-order valence-electron chi connectivity index (χ4n) is 2.41. The van der Waals surface area contributed by atoms with Gasteiger partial charge in [-0.05, 0) is 12.8 Å². The van der Waals surface area contributed by atoms with Crippen LogP contribution in [0.15, 0.2) is 6.20 Å². The third-order valence-electron chi connectivity index (χ3n) is 3.99. The molecule has 0 aromatic carbocycles. The summed E-state index contributed by atoms with van der Waals surface area (Å²) in [4.78, 5) is 54.4. The van der Waals surface area contributed by atoms with Gasteiger partial charge in [0.25, 0.3) is 5.91 Å². The van der Waals surface area contributed by atoms with E-state index in [2.05, 4.69) is 25.9 Å². The van der Waals surface area contributed by atoms with E-state index in [9.17, 15) is 19.2 Å². The second kappa shape index (κ2) is 8.87. The molecule has 1 aliphatic heterocycles. The highest BCUT2D eigenvalue weighted by Gasteiger charge is 2.38. The molecular weight excluding hydrogens is 358 g/mol. The Bertz CT molecular complexity index is 719. The highest BCUT2D eigenvalue weighted by atomic mass is 16.4. The molecule has 0 spiro atoms. The summed E-state index contributed by atoms with van der Waals surface area (Å²) in [5.41, 5.74) is 5.51. The van der Waals surface area contributed by atoms with Crippen molar-refractivity contribution in [2.24, 2.45) is 5.92 Å². The van der Waals surface area contributed by atoms with Crippen molar-refractivity contribution < 1.29 is 24.3 Å². The van der Waals surface area contributed by atoms with E-state index in [1.165, 1.54) is 13.1 Å². The zero-order valence-corrected chi connectivity index (χ0v) is 14.8. The number of imidazole rings is 1. The lowest BCUT2D eigenvalue weighted by atomic mass is 10.1. The van der Waals surface area contributed by atoms with E-state index in [0.717, 1.165) is 4.90 Å². The smallest absolute Gasteiger partial charge is 0.325 e. The van der Waals surface area contributed by atoms with Crippen LogP contribution in [-0.4, -0.2) is 69.5 Å². The third kappa shape index (κ3) is 5.59. The van der Waals surface area contributed by atoms with Gasteiger partial charge in [0.2, 0.25) is 11.9 Å². The van der Waals surface area contributed by atoms with Gasteiger partial charge in [0, 0.05) is 13.1 Å². The largest absolute Gasteiger partial charge is 0.481 e. The average molecular weight is 381 g/mol. The van der Waals surface area contributed by atoms with Crippen LogP contribution in [0.1, 0.15) is 19.8 Å². The summed E-state index contributed by atoms with van der Waals surface area (Å²) in [6, 6.07) is -1.34. The average Bonchev–Trinajstić information content (AvgIpc) is 3.14. The molecule has 1 aliphatic rings. The van der Waals surface area contributed by atoms with E-state index in [1.54, 1.807) is 0 Å². The lowest BCUT2D eigenvalue weighted by Gasteiger charge is -2.14. The number of aliphatic carboxylic acids is 1. The standard InChI is InChI=1S/C15H23N7O5/c1-8(13(25)26)5-18-11(23)7-22-12(24)9(20-15(22)27)3-2-4-17-14-19-6-10(16)21-14/h6,8-9H,2-5,7,16H2,1H3,(H,18,23)(H,20,27)(H,25,26)(H2,17,19,21)/t8-,9-/m0/s1. The molecule has 1 aromatic heterocycles. The van der Waals surface area contributed by atoms with Crippen molar-refractivity contribution in [2.45, 2.75) is 25.8 Å². The first-order valence-electron chi connectivity index (χ1n) is 8.43. The molecule has 0 radical (unpaired) electrons. The molecule has 7 N–H and O–H groups in total. The van der Waals surface area contributed by atoms with E-state index < -0.39 is 42.3 Å². The Morgan fingerprint density at radius 3 is 2.81 bits per heavy atom. The molecule has 27 heavy (non-hydrogen) atoms. The normalized spacial score (nSPS) is 17.5. The highest BCUT2D eigenvalue weighted by molar-refractivity contribution is 6.06. The number of anilines is 2. The van der Waals surface area contributed by atoms with Crippen LogP contribution in [0.5, 0.6) is 0 Å². The number of imide groups is 1. The number of aromatic amines is 1. The molecule has 4 amide bonds. The van der Waals surface area contributed by atoms with Crippen molar-refractivity contribution in [3.8, 4) is 0 Å². The van der Waals surface area contributed by atoms with E-state index in [-0.39, 0.29) is 6.54 Å². The van der Waals surface area contributed by atoms with Gasteiger partial charge in [0.05, 0.1) is 12.1 Å². The van der Waals surface area contributed by atoms with Crippen molar-refractivity contribution in [3.05, 3.63) is 6.20 Å². The van der Waals surface area contributed by atoms with Gasteiger partial charge in [-0.25, -0.2) is 9.78 Å². The van der Waals surface area contributed by atoms with Gasteiger partial charge in [-0.1, -0.05) is 6.92 Å². The number of nitrogen functional groups attached to an aromatic ring is 1. The number of amides is 4. The van der Waals surface area contributed by atoms with Crippen molar-refractivity contribution in [2.75, 3.05) is 30.7 Å². The minimum absolute atomic E-state index is 0.0792. The van der Waals surface area contributed by atoms with Crippen molar-refractivity contribution >= 4 is 35.6 Å². The molecule has 2 heterocycles. The number of nitrogens with one attached hydrogen (secondary N) is 4. The zero-order chi connectivity index (χ0) is 20.0. The summed E-state index contributed by atoms with van der Waals surface area (Å²) >= 11 is 0. The summed E-state index contributed by atoms with van der Waals surface area (Å²) in [6.45, 7) is 1.43. The minimum atomic E-state index is -1.05. The molecule has 1 saturated heterocycles. The summed E-state index contributed by atoms with van der Waals surface area (Å²) in [6.07, 6.45) is 2.44. The SMILES string of the molecule is C[C@@H](CNC(=O)CN1C(=O)N[C@@H](CCCNc2ncc(N)[nH]2)C1=O)C(=O)O.